The highest BCUT2D eigenvalue weighted by Crippen LogP contribution is 2.17. The van der Waals surface area contributed by atoms with Crippen LogP contribution in [-0.2, 0) is 6.54 Å². The Labute approximate surface area is 91.1 Å². The molecule has 82 valence electrons. The molecule has 0 aromatic carbocycles. The predicted molar refractivity (Wildman–Crippen MR) is 64.0 cm³/mol. The van der Waals surface area contributed by atoms with Crippen molar-refractivity contribution in [2.45, 2.75) is 41.2 Å². The quantitative estimate of drug-likeness (QED) is 0.716. The highest BCUT2D eigenvalue weighted by atomic mass is 15.1. The van der Waals surface area contributed by atoms with E-state index in [1.165, 1.54) is 11.1 Å². The van der Waals surface area contributed by atoms with Gasteiger partial charge in [-0.3, -0.25) is 0 Å². The lowest BCUT2D eigenvalue weighted by Crippen LogP contribution is -1.93. The van der Waals surface area contributed by atoms with Crippen molar-refractivity contribution in [2.75, 3.05) is 0 Å². The number of fused-ring (bicyclic) bond motifs is 1. The van der Waals surface area contributed by atoms with Gasteiger partial charge in [-0.15, -0.1) is 5.10 Å². The first-order valence-corrected chi connectivity index (χ1v) is 5.52. The molecule has 0 atom stereocenters. The average molecular weight is 205 g/mol. The van der Waals surface area contributed by atoms with Gasteiger partial charge < -0.3 is 4.57 Å². The van der Waals surface area contributed by atoms with Crippen LogP contribution in [0.1, 0.15) is 32.0 Å². The third kappa shape index (κ3) is 2.17. The number of nitrogens with zero attached hydrogens (tertiary/aromatic N) is 3. The molecule has 2 aromatic heterocycles. The van der Waals surface area contributed by atoms with E-state index in [1.807, 2.05) is 20.8 Å². The second-order valence-electron chi connectivity index (χ2n) is 3.32. The molecule has 0 spiro atoms. The van der Waals surface area contributed by atoms with Crippen LogP contribution in [0.4, 0.5) is 0 Å². The van der Waals surface area contributed by atoms with Crippen LogP contribution in [0, 0.1) is 13.8 Å². The third-order valence-electron chi connectivity index (χ3n) is 2.27. The molecule has 0 unspecified atom stereocenters. The van der Waals surface area contributed by atoms with Gasteiger partial charge in [0.1, 0.15) is 5.52 Å². The molecule has 0 saturated heterocycles. The summed E-state index contributed by atoms with van der Waals surface area (Å²) in [4.78, 5) is 0. The highest BCUT2D eigenvalue weighted by Gasteiger charge is 2.05. The van der Waals surface area contributed by atoms with Crippen LogP contribution in [0.3, 0.4) is 0 Å². The summed E-state index contributed by atoms with van der Waals surface area (Å²) in [5.41, 5.74) is 4.38. The molecular formula is C12H19N3. The molecule has 2 aromatic rings. The largest absolute Gasteiger partial charge is 0.346 e. The fourth-order valence-electron chi connectivity index (χ4n) is 1.60. The lowest BCUT2D eigenvalue weighted by atomic mass is 10.3. The average Bonchev–Trinajstić information content (AvgIpc) is 2.58. The van der Waals surface area contributed by atoms with Gasteiger partial charge >= 0.3 is 0 Å². The molecule has 0 amide bonds. The van der Waals surface area contributed by atoms with E-state index in [9.17, 15) is 0 Å². The number of aryl methyl sites for hydroxylation is 3. The molecule has 0 bridgehead atoms. The summed E-state index contributed by atoms with van der Waals surface area (Å²) in [5, 5.41) is 8.23. The minimum atomic E-state index is 0.973. The second-order valence-corrected chi connectivity index (χ2v) is 3.32. The van der Waals surface area contributed by atoms with Gasteiger partial charge in [0.2, 0.25) is 0 Å². The maximum absolute atomic E-state index is 4.18. The van der Waals surface area contributed by atoms with Gasteiger partial charge in [-0.05, 0) is 32.4 Å². The van der Waals surface area contributed by atoms with Crippen molar-refractivity contribution in [3.05, 3.63) is 23.5 Å². The van der Waals surface area contributed by atoms with Gasteiger partial charge in [-0.25, -0.2) is 0 Å². The molecule has 0 N–H and O–H groups in total. The number of hydrogen-bond donors (Lipinski definition) is 0. The topological polar surface area (TPSA) is 30.7 Å². The standard InChI is InChI=1S/C10H13N3.C2H6/c1-4-13-6-7(2)10-9(13)5-8(3)11-12-10;1-2/h5-6H,4H2,1-3H3;1-2H3. The lowest BCUT2D eigenvalue weighted by Gasteiger charge is -1.99. The Balaban J connectivity index is 0.000000531. The van der Waals surface area contributed by atoms with E-state index >= 15 is 0 Å². The monoisotopic (exact) mass is 205 g/mol. The first kappa shape index (κ1) is 11.7. The first-order chi connectivity index (χ1) is 7.22. The maximum Gasteiger partial charge on any atom is 0.114 e. The summed E-state index contributed by atoms with van der Waals surface area (Å²) in [6.45, 7) is 11.2. The summed E-state index contributed by atoms with van der Waals surface area (Å²) in [6.07, 6.45) is 2.12. The molecule has 0 saturated carbocycles. The van der Waals surface area contributed by atoms with Crippen molar-refractivity contribution >= 4 is 11.0 Å². The zero-order valence-electron chi connectivity index (χ0n) is 10.2. The molecule has 2 rings (SSSR count). The Morgan fingerprint density at radius 2 is 1.87 bits per heavy atom. The minimum absolute atomic E-state index is 0.973. The van der Waals surface area contributed by atoms with Gasteiger partial charge in [0, 0.05) is 12.7 Å². The van der Waals surface area contributed by atoms with E-state index in [1.54, 1.807) is 0 Å². The SMILES string of the molecule is CC.CCn1cc(C)c2nnc(C)cc21. The van der Waals surface area contributed by atoms with Gasteiger partial charge in [0.25, 0.3) is 0 Å². The van der Waals surface area contributed by atoms with Crippen molar-refractivity contribution in [1.82, 2.24) is 14.8 Å². The molecule has 0 aliphatic rings. The zero-order chi connectivity index (χ0) is 11.4. The fourth-order valence-corrected chi connectivity index (χ4v) is 1.60. The first-order valence-electron chi connectivity index (χ1n) is 5.52. The van der Waals surface area contributed by atoms with E-state index < -0.39 is 0 Å². The third-order valence-corrected chi connectivity index (χ3v) is 2.27. The molecule has 0 fully saturated rings. The van der Waals surface area contributed by atoms with Crippen LogP contribution in [0.15, 0.2) is 12.3 Å². The van der Waals surface area contributed by atoms with Gasteiger partial charge in [0.15, 0.2) is 0 Å². The van der Waals surface area contributed by atoms with Crippen LogP contribution in [0.2, 0.25) is 0 Å². The summed E-state index contributed by atoms with van der Waals surface area (Å²) in [7, 11) is 0. The van der Waals surface area contributed by atoms with E-state index in [4.69, 9.17) is 0 Å². The number of hydrogen-bond acceptors (Lipinski definition) is 2. The van der Waals surface area contributed by atoms with Crippen LogP contribution < -0.4 is 0 Å². The lowest BCUT2D eigenvalue weighted by molar-refractivity contribution is 0.793. The zero-order valence-corrected chi connectivity index (χ0v) is 10.2. The van der Waals surface area contributed by atoms with Crippen molar-refractivity contribution in [2.24, 2.45) is 0 Å². The van der Waals surface area contributed by atoms with Crippen molar-refractivity contribution in [1.29, 1.82) is 0 Å². The number of aromatic nitrogens is 3. The van der Waals surface area contributed by atoms with Gasteiger partial charge in [0.05, 0.1) is 11.2 Å². The van der Waals surface area contributed by atoms with E-state index in [2.05, 4.69) is 40.9 Å². The van der Waals surface area contributed by atoms with Crippen LogP contribution in [-0.4, -0.2) is 14.8 Å². The summed E-state index contributed by atoms with van der Waals surface area (Å²) in [6, 6.07) is 2.08. The van der Waals surface area contributed by atoms with E-state index in [-0.39, 0.29) is 0 Å². The van der Waals surface area contributed by atoms with Crippen molar-refractivity contribution in [3.63, 3.8) is 0 Å². The van der Waals surface area contributed by atoms with Crippen LogP contribution in [0.25, 0.3) is 11.0 Å². The molecule has 3 nitrogen and oxygen atoms in total. The Kier molecular flexibility index (Phi) is 3.83. The smallest absolute Gasteiger partial charge is 0.114 e. The Morgan fingerprint density at radius 3 is 2.47 bits per heavy atom. The Morgan fingerprint density at radius 1 is 1.20 bits per heavy atom. The van der Waals surface area contributed by atoms with Crippen LogP contribution >= 0.6 is 0 Å². The Hall–Kier alpha value is -1.38. The van der Waals surface area contributed by atoms with Crippen molar-refractivity contribution < 1.29 is 0 Å². The molecule has 0 aliphatic heterocycles. The maximum atomic E-state index is 4.18. The highest BCUT2D eigenvalue weighted by molar-refractivity contribution is 5.79. The molecule has 0 radical (unpaired) electrons. The van der Waals surface area contributed by atoms with Crippen molar-refractivity contribution in [3.8, 4) is 0 Å². The molecule has 3 heteroatoms. The predicted octanol–water partition coefficient (Wildman–Crippen LogP) is 3.09. The summed E-state index contributed by atoms with van der Waals surface area (Å²) < 4.78 is 2.20. The van der Waals surface area contributed by atoms with E-state index in [0.717, 1.165) is 17.8 Å². The van der Waals surface area contributed by atoms with Gasteiger partial charge in [-0.1, -0.05) is 13.8 Å². The Bertz CT molecular complexity index is 443. The fraction of sp³-hybridized carbons (Fsp3) is 0.500. The minimum Gasteiger partial charge on any atom is -0.346 e. The molecular weight excluding hydrogens is 186 g/mol. The van der Waals surface area contributed by atoms with Gasteiger partial charge in [-0.2, -0.15) is 5.10 Å². The molecule has 2 heterocycles. The second kappa shape index (κ2) is 4.91. The van der Waals surface area contributed by atoms with Crippen LogP contribution in [0.5, 0.6) is 0 Å². The normalized spacial score (nSPS) is 9.93. The number of rotatable bonds is 1. The molecule has 15 heavy (non-hydrogen) atoms. The van der Waals surface area contributed by atoms with E-state index in [0.29, 0.717) is 0 Å². The summed E-state index contributed by atoms with van der Waals surface area (Å²) >= 11 is 0. The molecule has 0 aliphatic carbocycles. The summed E-state index contributed by atoms with van der Waals surface area (Å²) in [5.74, 6) is 0.